The predicted octanol–water partition coefficient (Wildman–Crippen LogP) is 3.17. The summed E-state index contributed by atoms with van der Waals surface area (Å²) in [5.74, 6) is 2.42. The molecule has 2 N–H and O–H groups in total. The third-order valence-corrected chi connectivity index (χ3v) is 4.71. The van der Waals surface area contributed by atoms with Gasteiger partial charge in [0.2, 0.25) is 0 Å². The van der Waals surface area contributed by atoms with Crippen LogP contribution >= 0.6 is 23.4 Å². The smallest absolute Gasteiger partial charge is 0.0459 e. The summed E-state index contributed by atoms with van der Waals surface area (Å²) in [4.78, 5) is 2.41. The van der Waals surface area contributed by atoms with Crippen LogP contribution in [0.3, 0.4) is 0 Å². The van der Waals surface area contributed by atoms with Crippen molar-refractivity contribution >= 4 is 29.1 Å². The van der Waals surface area contributed by atoms with E-state index in [0.29, 0.717) is 0 Å². The summed E-state index contributed by atoms with van der Waals surface area (Å²) in [6.45, 7) is 4.35. The number of rotatable bonds is 4. The largest absolute Gasteiger partial charge is 0.370 e. The third-order valence-electron chi connectivity index (χ3n) is 3.42. The van der Waals surface area contributed by atoms with Crippen molar-refractivity contribution in [2.75, 3.05) is 29.5 Å². The second-order valence-electron chi connectivity index (χ2n) is 4.75. The van der Waals surface area contributed by atoms with Gasteiger partial charge in [-0.05, 0) is 30.5 Å². The third kappa shape index (κ3) is 3.56. The average Bonchev–Trinajstić information content (AvgIpc) is 2.42. The molecular weight excluding hydrogens is 264 g/mol. The minimum Gasteiger partial charge on any atom is -0.370 e. The zero-order valence-corrected chi connectivity index (χ0v) is 12.4. The molecule has 1 saturated heterocycles. The Kier molecular flexibility index (Phi) is 5.22. The lowest BCUT2D eigenvalue weighted by molar-refractivity contribution is 0.646. The maximum Gasteiger partial charge on any atom is 0.0459 e. The molecule has 1 atom stereocenters. The second kappa shape index (κ2) is 6.69. The van der Waals surface area contributed by atoms with Gasteiger partial charge in [-0.15, -0.1) is 0 Å². The highest BCUT2D eigenvalue weighted by atomic mass is 35.5. The summed E-state index contributed by atoms with van der Waals surface area (Å²) in [5, 5.41) is 0.856. The van der Waals surface area contributed by atoms with E-state index in [1.807, 2.05) is 11.8 Å². The van der Waals surface area contributed by atoms with Gasteiger partial charge in [0.05, 0.1) is 0 Å². The molecule has 2 nitrogen and oxygen atoms in total. The SMILES string of the molecule is CCC(N)Cc1ccc(N2CCSCC2)cc1Cl. The summed E-state index contributed by atoms with van der Waals surface area (Å²) in [6.07, 6.45) is 1.85. The zero-order chi connectivity index (χ0) is 13.0. The molecular formula is C14H21ClN2S. The van der Waals surface area contributed by atoms with Crippen LogP contribution in [0.2, 0.25) is 5.02 Å². The van der Waals surface area contributed by atoms with Gasteiger partial charge in [0.25, 0.3) is 0 Å². The molecule has 1 aliphatic rings. The molecule has 1 aromatic rings. The molecule has 0 bridgehead atoms. The Balaban J connectivity index is 2.08. The van der Waals surface area contributed by atoms with Crippen molar-refractivity contribution in [3.05, 3.63) is 28.8 Å². The maximum atomic E-state index is 6.36. The van der Waals surface area contributed by atoms with Crippen LogP contribution in [0.5, 0.6) is 0 Å². The fourth-order valence-electron chi connectivity index (χ4n) is 2.15. The minimum absolute atomic E-state index is 0.208. The molecule has 2 rings (SSSR count). The molecule has 0 spiro atoms. The summed E-state index contributed by atoms with van der Waals surface area (Å²) in [6, 6.07) is 6.61. The molecule has 4 heteroatoms. The van der Waals surface area contributed by atoms with Gasteiger partial charge in [-0.1, -0.05) is 24.6 Å². The predicted molar refractivity (Wildman–Crippen MR) is 83.0 cm³/mol. The van der Waals surface area contributed by atoms with Crippen LogP contribution < -0.4 is 10.6 Å². The van der Waals surface area contributed by atoms with Crippen molar-refractivity contribution in [1.82, 2.24) is 0 Å². The average molecular weight is 285 g/mol. The van der Waals surface area contributed by atoms with Gasteiger partial charge in [-0.3, -0.25) is 0 Å². The van der Waals surface area contributed by atoms with E-state index in [4.69, 9.17) is 17.3 Å². The topological polar surface area (TPSA) is 29.3 Å². The van der Waals surface area contributed by atoms with Crippen molar-refractivity contribution in [1.29, 1.82) is 0 Å². The van der Waals surface area contributed by atoms with Crippen molar-refractivity contribution in [2.24, 2.45) is 5.73 Å². The van der Waals surface area contributed by atoms with Crippen molar-refractivity contribution < 1.29 is 0 Å². The number of halogens is 1. The number of benzene rings is 1. The second-order valence-corrected chi connectivity index (χ2v) is 6.38. The van der Waals surface area contributed by atoms with Gasteiger partial charge < -0.3 is 10.6 Å². The molecule has 1 aliphatic heterocycles. The van der Waals surface area contributed by atoms with E-state index in [1.54, 1.807) is 0 Å². The lowest BCUT2D eigenvalue weighted by Crippen LogP contribution is -2.32. The Hall–Kier alpha value is -0.380. The lowest BCUT2D eigenvalue weighted by atomic mass is 10.0. The number of anilines is 1. The highest BCUT2D eigenvalue weighted by Crippen LogP contribution is 2.26. The Morgan fingerprint density at radius 2 is 2.11 bits per heavy atom. The van der Waals surface area contributed by atoms with E-state index in [-0.39, 0.29) is 6.04 Å². The normalized spacial score (nSPS) is 17.8. The molecule has 0 saturated carbocycles. The first kappa shape index (κ1) is 14.0. The number of hydrogen-bond acceptors (Lipinski definition) is 3. The Labute approximate surface area is 119 Å². The molecule has 18 heavy (non-hydrogen) atoms. The zero-order valence-electron chi connectivity index (χ0n) is 10.9. The molecule has 1 unspecified atom stereocenters. The van der Waals surface area contributed by atoms with Gasteiger partial charge in [0.1, 0.15) is 0 Å². The van der Waals surface area contributed by atoms with Crippen LogP contribution in [0.15, 0.2) is 18.2 Å². The molecule has 1 fully saturated rings. The molecule has 0 radical (unpaired) electrons. The van der Waals surface area contributed by atoms with Crippen LogP contribution in [-0.4, -0.2) is 30.6 Å². The first-order valence-corrected chi connectivity index (χ1v) is 8.10. The van der Waals surface area contributed by atoms with Gasteiger partial charge >= 0.3 is 0 Å². The van der Waals surface area contributed by atoms with E-state index in [1.165, 1.54) is 22.8 Å². The lowest BCUT2D eigenvalue weighted by Gasteiger charge is -2.29. The van der Waals surface area contributed by atoms with Crippen molar-refractivity contribution in [3.8, 4) is 0 Å². The summed E-state index contributed by atoms with van der Waals surface area (Å²) < 4.78 is 0. The monoisotopic (exact) mass is 284 g/mol. The standard InChI is InChI=1S/C14H21ClN2S/c1-2-12(16)9-11-3-4-13(10-14(11)15)17-5-7-18-8-6-17/h3-4,10,12H,2,5-9,16H2,1H3. The van der Waals surface area contributed by atoms with Crippen LogP contribution in [0.25, 0.3) is 0 Å². The first-order valence-electron chi connectivity index (χ1n) is 6.57. The van der Waals surface area contributed by atoms with E-state index in [9.17, 15) is 0 Å². The van der Waals surface area contributed by atoms with E-state index in [2.05, 4.69) is 30.0 Å². The Morgan fingerprint density at radius 3 is 2.72 bits per heavy atom. The van der Waals surface area contributed by atoms with Crippen LogP contribution in [-0.2, 0) is 6.42 Å². The molecule has 100 valence electrons. The summed E-state index contributed by atoms with van der Waals surface area (Å²) in [7, 11) is 0. The molecule has 1 aromatic carbocycles. The number of nitrogens with zero attached hydrogens (tertiary/aromatic N) is 1. The minimum atomic E-state index is 0.208. The van der Waals surface area contributed by atoms with E-state index in [0.717, 1.165) is 31.0 Å². The van der Waals surface area contributed by atoms with Gasteiger partial charge in [0, 0.05) is 41.3 Å². The number of nitrogens with two attached hydrogens (primary N) is 1. The number of hydrogen-bond donors (Lipinski definition) is 1. The van der Waals surface area contributed by atoms with Crippen molar-refractivity contribution in [3.63, 3.8) is 0 Å². The van der Waals surface area contributed by atoms with E-state index < -0.39 is 0 Å². The van der Waals surface area contributed by atoms with Crippen LogP contribution in [0.4, 0.5) is 5.69 Å². The molecule has 1 heterocycles. The highest BCUT2D eigenvalue weighted by Gasteiger charge is 2.13. The van der Waals surface area contributed by atoms with E-state index >= 15 is 0 Å². The first-order chi connectivity index (χ1) is 8.70. The molecule has 0 amide bonds. The Morgan fingerprint density at radius 1 is 1.39 bits per heavy atom. The van der Waals surface area contributed by atoms with Gasteiger partial charge in [0.15, 0.2) is 0 Å². The fraction of sp³-hybridized carbons (Fsp3) is 0.571. The highest BCUT2D eigenvalue weighted by molar-refractivity contribution is 7.99. The molecule has 0 aromatic heterocycles. The quantitative estimate of drug-likeness (QED) is 0.921. The summed E-state index contributed by atoms with van der Waals surface area (Å²) in [5.41, 5.74) is 8.40. The number of thioether (sulfide) groups is 1. The van der Waals surface area contributed by atoms with Crippen LogP contribution in [0, 0.1) is 0 Å². The van der Waals surface area contributed by atoms with Gasteiger partial charge in [-0.25, -0.2) is 0 Å². The fourth-order valence-corrected chi connectivity index (χ4v) is 3.30. The molecule has 0 aliphatic carbocycles. The maximum absolute atomic E-state index is 6.36. The Bertz CT molecular complexity index is 391. The van der Waals surface area contributed by atoms with Crippen molar-refractivity contribution in [2.45, 2.75) is 25.8 Å². The van der Waals surface area contributed by atoms with Crippen LogP contribution in [0.1, 0.15) is 18.9 Å². The van der Waals surface area contributed by atoms with Gasteiger partial charge in [-0.2, -0.15) is 11.8 Å². The summed E-state index contributed by atoms with van der Waals surface area (Å²) >= 11 is 8.38.